The van der Waals surface area contributed by atoms with Gasteiger partial charge in [0.1, 0.15) is 0 Å². The highest BCUT2D eigenvalue weighted by Gasteiger charge is 2.10. The molecule has 0 aliphatic carbocycles. The van der Waals surface area contributed by atoms with Crippen molar-refractivity contribution in [2.24, 2.45) is 0 Å². The quantitative estimate of drug-likeness (QED) is 0.448. The van der Waals surface area contributed by atoms with Gasteiger partial charge in [-0.3, -0.25) is 0 Å². The molecule has 118 valence electrons. The topological polar surface area (TPSA) is 0 Å². The van der Waals surface area contributed by atoms with Crippen LogP contribution >= 0.6 is 32.1 Å². The van der Waals surface area contributed by atoms with Gasteiger partial charge in [-0.25, -0.2) is 0 Å². The van der Waals surface area contributed by atoms with Crippen LogP contribution < -0.4 is 10.6 Å². The zero-order valence-corrected chi connectivity index (χ0v) is 16.3. The van der Waals surface area contributed by atoms with Gasteiger partial charge in [-0.15, -0.1) is 23.5 Å². The van der Waals surface area contributed by atoms with Crippen LogP contribution in [-0.2, 0) is 0 Å². The normalized spacial score (nSPS) is 11.4. The van der Waals surface area contributed by atoms with Crippen molar-refractivity contribution in [2.75, 3.05) is 11.5 Å². The van der Waals surface area contributed by atoms with E-state index in [2.05, 4.69) is 63.2 Å². The van der Waals surface area contributed by atoms with Gasteiger partial charge in [0.25, 0.3) is 0 Å². The van der Waals surface area contributed by atoms with E-state index >= 15 is 0 Å². The number of aryl methyl sites for hydroxylation is 1. The summed E-state index contributed by atoms with van der Waals surface area (Å²) in [5.74, 6) is 2.41. The molecule has 2 aromatic rings. The first-order valence-electron chi connectivity index (χ1n) is 7.97. The van der Waals surface area contributed by atoms with Crippen LogP contribution in [0.25, 0.3) is 0 Å². The first-order chi connectivity index (χ1) is 10.7. The Kier molecular flexibility index (Phi) is 7.86. The predicted octanol–water partition coefficient (Wildman–Crippen LogP) is 5.63. The molecule has 0 radical (unpaired) electrons. The third-order valence-corrected chi connectivity index (χ3v) is 7.44. The highest BCUT2D eigenvalue weighted by Crippen LogP contribution is 2.33. The second-order valence-corrected chi connectivity index (χ2v) is 8.93. The second kappa shape index (κ2) is 9.65. The molecule has 1 unspecified atom stereocenters. The molecule has 0 fully saturated rings. The Labute approximate surface area is 145 Å². The molecular weight excluding hydrogens is 323 g/mol. The minimum Gasteiger partial charge on any atom is -0.125 e. The van der Waals surface area contributed by atoms with Gasteiger partial charge >= 0.3 is 0 Å². The van der Waals surface area contributed by atoms with Crippen LogP contribution in [0.2, 0.25) is 0 Å². The first-order valence-corrected chi connectivity index (χ1v) is 10.9. The standard InChI is InChI=1S/C19H25PS2/c1-4-13-21-18-8-6-7-17(19(18)22-14-5-2)20-16-11-9-15(3)10-12-16/h6-12,20H,4-5,13-14H2,1-3H3. The van der Waals surface area contributed by atoms with E-state index in [1.807, 2.05) is 23.5 Å². The molecule has 0 heterocycles. The van der Waals surface area contributed by atoms with Crippen molar-refractivity contribution in [1.82, 2.24) is 0 Å². The summed E-state index contributed by atoms with van der Waals surface area (Å²) in [6, 6.07) is 15.8. The number of benzene rings is 2. The fourth-order valence-electron chi connectivity index (χ4n) is 2.09. The molecule has 0 nitrogen and oxygen atoms in total. The van der Waals surface area contributed by atoms with E-state index in [9.17, 15) is 0 Å². The van der Waals surface area contributed by atoms with Crippen molar-refractivity contribution >= 4 is 42.7 Å². The summed E-state index contributed by atoms with van der Waals surface area (Å²) in [5.41, 5.74) is 1.33. The van der Waals surface area contributed by atoms with E-state index < -0.39 is 0 Å². The van der Waals surface area contributed by atoms with Crippen molar-refractivity contribution in [3.8, 4) is 0 Å². The molecular formula is C19H25PS2. The number of hydrogen-bond acceptors (Lipinski definition) is 2. The second-order valence-electron chi connectivity index (χ2n) is 5.32. The number of thioether (sulfide) groups is 2. The van der Waals surface area contributed by atoms with Crippen molar-refractivity contribution < 1.29 is 0 Å². The molecule has 2 rings (SSSR count). The smallest absolute Gasteiger partial charge is 0.0286 e. The summed E-state index contributed by atoms with van der Waals surface area (Å²) < 4.78 is 0. The summed E-state index contributed by atoms with van der Waals surface area (Å²) in [4.78, 5) is 2.99. The lowest BCUT2D eigenvalue weighted by atomic mass is 10.2. The molecule has 0 saturated carbocycles. The minimum absolute atomic E-state index is 0.750. The van der Waals surface area contributed by atoms with Crippen molar-refractivity contribution in [2.45, 2.75) is 43.4 Å². The largest absolute Gasteiger partial charge is 0.125 e. The minimum atomic E-state index is 0.750. The molecule has 0 N–H and O–H groups in total. The third-order valence-electron chi connectivity index (χ3n) is 3.22. The zero-order chi connectivity index (χ0) is 15.8. The lowest BCUT2D eigenvalue weighted by molar-refractivity contribution is 1.09. The van der Waals surface area contributed by atoms with Crippen LogP contribution in [0.15, 0.2) is 52.3 Å². The summed E-state index contributed by atoms with van der Waals surface area (Å²) in [5, 5.41) is 2.94. The molecule has 3 heteroatoms. The maximum absolute atomic E-state index is 2.31. The highest BCUT2D eigenvalue weighted by atomic mass is 32.2. The van der Waals surface area contributed by atoms with Crippen LogP contribution in [0.4, 0.5) is 0 Å². The molecule has 2 aromatic carbocycles. The number of hydrogen-bond donors (Lipinski definition) is 0. The summed E-state index contributed by atoms with van der Waals surface area (Å²) in [6.07, 6.45) is 2.46. The Hall–Kier alpha value is -0.430. The highest BCUT2D eigenvalue weighted by molar-refractivity contribution is 8.02. The monoisotopic (exact) mass is 348 g/mol. The molecule has 0 spiro atoms. The van der Waals surface area contributed by atoms with Crippen LogP contribution in [0.3, 0.4) is 0 Å². The lowest BCUT2D eigenvalue weighted by Crippen LogP contribution is -2.07. The van der Waals surface area contributed by atoms with Crippen LogP contribution in [-0.4, -0.2) is 11.5 Å². The van der Waals surface area contributed by atoms with Gasteiger partial charge in [-0.05, 0) is 47.9 Å². The van der Waals surface area contributed by atoms with E-state index in [4.69, 9.17) is 0 Å². The summed E-state index contributed by atoms with van der Waals surface area (Å²) in [7, 11) is 0.750. The Balaban J connectivity index is 2.25. The molecule has 0 aromatic heterocycles. The number of rotatable bonds is 8. The molecule has 0 aliphatic rings. The third kappa shape index (κ3) is 5.33. The first kappa shape index (κ1) is 17.9. The van der Waals surface area contributed by atoms with E-state index in [1.165, 1.54) is 50.3 Å². The molecule has 0 aliphatic heterocycles. The van der Waals surface area contributed by atoms with E-state index in [-0.39, 0.29) is 0 Å². The Morgan fingerprint density at radius 3 is 2.23 bits per heavy atom. The maximum Gasteiger partial charge on any atom is 0.0286 e. The van der Waals surface area contributed by atoms with Crippen LogP contribution in [0.1, 0.15) is 32.3 Å². The Bertz CT molecular complexity index is 578. The fourth-order valence-corrected chi connectivity index (χ4v) is 5.65. The Morgan fingerprint density at radius 2 is 1.55 bits per heavy atom. The van der Waals surface area contributed by atoms with Gasteiger partial charge in [0.2, 0.25) is 0 Å². The summed E-state index contributed by atoms with van der Waals surface area (Å²) >= 11 is 4.04. The molecule has 22 heavy (non-hydrogen) atoms. The van der Waals surface area contributed by atoms with E-state index in [0.717, 1.165) is 8.58 Å². The van der Waals surface area contributed by atoms with E-state index in [0.29, 0.717) is 0 Å². The molecule has 0 bridgehead atoms. The van der Waals surface area contributed by atoms with Crippen LogP contribution in [0, 0.1) is 6.92 Å². The van der Waals surface area contributed by atoms with Crippen LogP contribution in [0.5, 0.6) is 0 Å². The van der Waals surface area contributed by atoms with E-state index in [1.54, 1.807) is 0 Å². The molecule has 1 atom stereocenters. The van der Waals surface area contributed by atoms with Gasteiger partial charge in [-0.2, -0.15) is 0 Å². The van der Waals surface area contributed by atoms with Crippen molar-refractivity contribution in [3.05, 3.63) is 48.0 Å². The average molecular weight is 349 g/mol. The predicted molar refractivity (Wildman–Crippen MR) is 107 cm³/mol. The van der Waals surface area contributed by atoms with Gasteiger partial charge < -0.3 is 0 Å². The zero-order valence-electron chi connectivity index (χ0n) is 13.7. The maximum atomic E-state index is 2.31. The molecule has 0 saturated heterocycles. The molecule has 0 amide bonds. The SMILES string of the molecule is CCCSc1cccc(Pc2ccc(C)cc2)c1SCCC. The van der Waals surface area contributed by atoms with Gasteiger partial charge in [-0.1, -0.05) is 64.4 Å². The van der Waals surface area contributed by atoms with Gasteiger partial charge in [0.05, 0.1) is 0 Å². The fraction of sp³-hybridized carbons (Fsp3) is 0.368. The van der Waals surface area contributed by atoms with Crippen molar-refractivity contribution in [1.29, 1.82) is 0 Å². The van der Waals surface area contributed by atoms with Gasteiger partial charge in [0.15, 0.2) is 0 Å². The summed E-state index contributed by atoms with van der Waals surface area (Å²) in [6.45, 7) is 6.66. The average Bonchev–Trinajstić information content (AvgIpc) is 2.54. The Morgan fingerprint density at radius 1 is 0.864 bits per heavy atom. The van der Waals surface area contributed by atoms with Crippen molar-refractivity contribution in [3.63, 3.8) is 0 Å². The van der Waals surface area contributed by atoms with Gasteiger partial charge in [0, 0.05) is 9.79 Å². The lowest BCUT2D eigenvalue weighted by Gasteiger charge is -2.14.